The van der Waals surface area contributed by atoms with Crippen LogP contribution < -0.4 is 10.6 Å². The monoisotopic (exact) mass is 418 g/mol. The van der Waals surface area contributed by atoms with Crippen LogP contribution >= 0.6 is 11.3 Å². The number of likely N-dealkylation sites (tertiary alicyclic amines) is 1. The number of piperidine rings is 1. The van der Waals surface area contributed by atoms with Crippen LogP contribution in [0.1, 0.15) is 32.4 Å². The molecule has 1 aliphatic heterocycles. The second-order valence-corrected chi connectivity index (χ2v) is 8.70. The largest absolute Gasteiger partial charge is 0.358 e. The number of rotatable bonds is 6. The molecular weight excluding hydrogens is 391 g/mol. The first-order valence-corrected chi connectivity index (χ1v) is 10.6. The fourth-order valence-electron chi connectivity index (χ4n) is 3.32. The van der Waals surface area contributed by atoms with Gasteiger partial charge in [-0.15, -0.1) is 11.3 Å². The zero-order valence-corrected chi connectivity index (χ0v) is 17.8. The van der Waals surface area contributed by atoms with E-state index in [9.17, 15) is 14.0 Å². The van der Waals surface area contributed by atoms with Gasteiger partial charge >= 0.3 is 0 Å². The van der Waals surface area contributed by atoms with Crippen LogP contribution in [0.15, 0.2) is 29.6 Å². The number of hydrogen-bond donors (Lipinski definition) is 2. The summed E-state index contributed by atoms with van der Waals surface area (Å²) in [4.78, 5) is 31.1. The molecule has 2 N–H and O–H groups in total. The number of hydrogen-bond acceptors (Lipinski definition) is 5. The molecule has 0 bridgehead atoms. The highest BCUT2D eigenvalue weighted by Gasteiger charge is 2.34. The molecule has 2 aromatic rings. The van der Waals surface area contributed by atoms with Crippen LogP contribution in [0.2, 0.25) is 0 Å². The van der Waals surface area contributed by atoms with E-state index in [4.69, 9.17) is 0 Å². The molecule has 2 heterocycles. The van der Waals surface area contributed by atoms with Gasteiger partial charge in [0.1, 0.15) is 10.8 Å². The second kappa shape index (κ2) is 9.00. The maximum atomic E-state index is 14.0. The fraction of sp³-hybridized carbons (Fsp3) is 0.476. The molecule has 0 radical (unpaired) electrons. The summed E-state index contributed by atoms with van der Waals surface area (Å²) in [6.45, 7) is 5.60. The lowest BCUT2D eigenvalue weighted by Gasteiger charge is -2.33. The van der Waals surface area contributed by atoms with Gasteiger partial charge in [0.25, 0.3) is 0 Å². The average molecular weight is 419 g/mol. The third kappa shape index (κ3) is 5.00. The fourth-order valence-corrected chi connectivity index (χ4v) is 4.33. The van der Waals surface area contributed by atoms with Crippen molar-refractivity contribution < 1.29 is 14.0 Å². The van der Waals surface area contributed by atoms with Gasteiger partial charge in [-0.3, -0.25) is 14.5 Å². The summed E-state index contributed by atoms with van der Waals surface area (Å²) in [6.07, 6.45) is 1.60. The van der Waals surface area contributed by atoms with Crippen LogP contribution in [0, 0.1) is 5.82 Å². The van der Waals surface area contributed by atoms with Crippen LogP contribution in [-0.2, 0) is 15.0 Å². The SMILES string of the molecule is CNC(=O)CN1CCC(NC(=O)C(C)(C)c2csc(-c3ccccc3F)n2)CC1. The van der Waals surface area contributed by atoms with E-state index in [0.717, 1.165) is 25.9 Å². The van der Waals surface area contributed by atoms with E-state index in [1.165, 1.54) is 17.4 Å². The molecule has 8 heteroatoms. The molecule has 1 aromatic heterocycles. The number of nitrogens with one attached hydrogen (secondary N) is 2. The summed E-state index contributed by atoms with van der Waals surface area (Å²) < 4.78 is 14.0. The molecule has 6 nitrogen and oxygen atoms in total. The van der Waals surface area contributed by atoms with Gasteiger partial charge in [-0.25, -0.2) is 9.37 Å². The second-order valence-electron chi connectivity index (χ2n) is 7.84. The number of nitrogens with zero attached hydrogens (tertiary/aromatic N) is 2. The maximum absolute atomic E-state index is 14.0. The number of benzene rings is 1. The van der Waals surface area contributed by atoms with Crippen molar-refractivity contribution in [3.8, 4) is 10.6 Å². The van der Waals surface area contributed by atoms with Gasteiger partial charge in [-0.05, 0) is 38.8 Å². The van der Waals surface area contributed by atoms with Gasteiger partial charge in [0.05, 0.1) is 17.7 Å². The number of carbonyl (C=O) groups excluding carboxylic acids is 2. The Bertz CT molecular complexity index is 875. The van der Waals surface area contributed by atoms with Crippen molar-refractivity contribution in [3.63, 3.8) is 0 Å². The van der Waals surface area contributed by atoms with Crippen molar-refractivity contribution in [1.29, 1.82) is 0 Å². The summed E-state index contributed by atoms with van der Waals surface area (Å²) in [5.41, 5.74) is 0.262. The van der Waals surface area contributed by atoms with Crippen molar-refractivity contribution in [1.82, 2.24) is 20.5 Å². The highest BCUT2D eigenvalue weighted by molar-refractivity contribution is 7.13. The zero-order valence-electron chi connectivity index (χ0n) is 17.0. The Hall–Kier alpha value is -2.32. The molecule has 2 amide bonds. The van der Waals surface area contributed by atoms with Crippen molar-refractivity contribution in [2.75, 3.05) is 26.7 Å². The van der Waals surface area contributed by atoms with E-state index < -0.39 is 5.41 Å². The minimum atomic E-state index is -0.820. The Morgan fingerprint density at radius 1 is 1.28 bits per heavy atom. The van der Waals surface area contributed by atoms with Crippen LogP contribution in [0.5, 0.6) is 0 Å². The predicted octanol–water partition coefficient (Wildman–Crippen LogP) is 2.55. The summed E-state index contributed by atoms with van der Waals surface area (Å²) in [7, 11) is 1.63. The lowest BCUT2D eigenvalue weighted by molar-refractivity contribution is -0.127. The van der Waals surface area contributed by atoms with Gasteiger partial charge in [0, 0.05) is 37.1 Å². The molecule has 156 valence electrons. The highest BCUT2D eigenvalue weighted by Crippen LogP contribution is 2.31. The molecular formula is C21H27FN4O2S. The normalized spacial score (nSPS) is 15.9. The molecule has 3 rings (SSSR count). The Balaban J connectivity index is 1.61. The molecule has 1 fully saturated rings. The van der Waals surface area contributed by atoms with Crippen LogP contribution in [0.4, 0.5) is 4.39 Å². The van der Waals surface area contributed by atoms with Gasteiger partial charge in [-0.2, -0.15) is 0 Å². The van der Waals surface area contributed by atoms with E-state index in [2.05, 4.69) is 20.5 Å². The lowest BCUT2D eigenvalue weighted by Crippen LogP contribution is -2.50. The lowest BCUT2D eigenvalue weighted by atomic mass is 9.88. The zero-order chi connectivity index (χ0) is 21.0. The van der Waals surface area contributed by atoms with E-state index in [1.807, 2.05) is 19.2 Å². The van der Waals surface area contributed by atoms with Crippen molar-refractivity contribution >= 4 is 23.2 Å². The summed E-state index contributed by atoms with van der Waals surface area (Å²) in [5, 5.41) is 8.16. The van der Waals surface area contributed by atoms with Crippen LogP contribution in [0.25, 0.3) is 10.6 Å². The average Bonchev–Trinajstić information content (AvgIpc) is 3.20. The molecule has 0 atom stereocenters. The molecule has 1 aliphatic rings. The quantitative estimate of drug-likeness (QED) is 0.756. The van der Waals surface area contributed by atoms with Crippen LogP contribution in [0.3, 0.4) is 0 Å². The summed E-state index contributed by atoms with van der Waals surface area (Å²) in [6, 6.07) is 6.59. The first-order chi connectivity index (χ1) is 13.8. The predicted molar refractivity (Wildman–Crippen MR) is 112 cm³/mol. The van der Waals surface area contributed by atoms with E-state index in [0.29, 0.717) is 22.8 Å². The van der Waals surface area contributed by atoms with Gasteiger partial charge in [-0.1, -0.05) is 12.1 Å². The van der Waals surface area contributed by atoms with Crippen molar-refractivity contribution in [2.24, 2.45) is 0 Å². The van der Waals surface area contributed by atoms with Gasteiger partial charge < -0.3 is 10.6 Å². The Morgan fingerprint density at radius 2 is 1.97 bits per heavy atom. The van der Waals surface area contributed by atoms with Gasteiger partial charge in [0.15, 0.2) is 0 Å². The Labute approximate surface area is 174 Å². The highest BCUT2D eigenvalue weighted by atomic mass is 32.1. The summed E-state index contributed by atoms with van der Waals surface area (Å²) >= 11 is 1.34. The topological polar surface area (TPSA) is 74.3 Å². The summed E-state index contributed by atoms with van der Waals surface area (Å²) in [5.74, 6) is -0.408. The first kappa shape index (κ1) is 21.4. The Morgan fingerprint density at radius 3 is 2.62 bits per heavy atom. The Kier molecular flexibility index (Phi) is 6.64. The van der Waals surface area contributed by atoms with E-state index in [-0.39, 0.29) is 23.7 Å². The number of likely N-dealkylation sites (N-methyl/N-ethyl adjacent to an activating group) is 1. The number of carbonyl (C=O) groups is 2. The molecule has 1 aromatic carbocycles. The van der Waals surface area contributed by atoms with Crippen molar-refractivity contribution in [3.05, 3.63) is 41.2 Å². The minimum absolute atomic E-state index is 0.00260. The number of amides is 2. The van der Waals surface area contributed by atoms with Crippen LogP contribution in [-0.4, -0.2) is 54.4 Å². The number of aromatic nitrogens is 1. The van der Waals surface area contributed by atoms with Crippen molar-refractivity contribution in [2.45, 2.75) is 38.1 Å². The van der Waals surface area contributed by atoms with E-state index in [1.54, 1.807) is 25.2 Å². The molecule has 1 saturated heterocycles. The molecule has 29 heavy (non-hydrogen) atoms. The number of halogens is 1. The molecule has 0 unspecified atom stereocenters. The van der Waals surface area contributed by atoms with Gasteiger partial charge in [0.2, 0.25) is 11.8 Å². The maximum Gasteiger partial charge on any atom is 0.233 e. The minimum Gasteiger partial charge on any atom is -0.358 e. The van der Waals surface area contributed by atoms with E-state index >= 15 is 0 Å². The first-order valence-electron chi connectivity index (χ1n) is 9.76. The third-order valence-electron chi connectivity index (χ3n) is 5.39. The number of thiazole rings is 1. The molecule has 0 aliphatic carbocycles. The third-order valence-corrected chi connectivity index (χ3v) is 6.26. The molecule has 0 saturated carbocycles. The smallest absolute Gasteiger partial charge is 0.233 e. The standard InChI is InChI=1S/C21H27FN4O2S/c1-21(2,17-13-29-19(25-17)15-6-4-5-7-16(15)22)20(28)24-14-8-10-26(11-9-14)12-18(27)23-3/h4-7,13-14H,8-12H2,1-3H3,(H,23,27)(H,24,28). The molecule has 0 spiro atoms.